The summed E-state index contributed by atoms with van der Waals surface area (Å²) < 4.78 is 0. The number of nitrogens with zero attached hydrogens (tertiary/aromatic N) is 1. The fraction of sp³-hybridized carbons (Fsp3) is 0.846. The third-order valence-corrected chi connectivity index (χ3v) is 4.01. The summed E-state index contributed by atoms with van der Waals surface area (Å²) >= 11 is 0. The summed E-state index contributed by atoms with van der Waals surface area (Å²) in [5.41, 5.74) is 0. The second kappa shape index (κ2) is 5.07. The molecule has 0 radical (unpaired) electrons. The van der Waals surface area contributed by atoms with Crippen molar-refractivity contribution in [1.29, 1.82) is 0 Å². The molecule has 2 atom stereocenters. The van der Waals surface area contributed by atoms with Crippen LogP contribution in [-0.2, 0) is 9.59 Å². The van der Waals surface area contributed by atoms with Gasteiger partial charge < -0.3 is 10.0 Å². The van der Waals surface area contributed by atoms with E-state index in [9.17, 15) is 14.7 Å². The summed E-state index contributed by atoms with van der Waals surface area (Å²) in [6.45, 7) is 2.70. The van der Waals surface area contributed by atoms with Crippen molar-refractivity contribution in [3.63, 3.8) is 0 Å². The van der Waals surface area contributed by atoms with E-state index in [4.69, 9.17) is 0 Å². The predicted molar refractivity (Wildman–Crippen MR) is 63.5 cm³/mol. The van der Waals surface area contributed by atoms with E-state index < -0.39 is 11.9 Å². The van der Waals surface area contributed by atoms with Crippen LogP contribution in [0.5, 0.6) is 0 Å². The number of carboxylic acids is 1. The lowest BCUT2D eigenvalue weighted by Gasteiger charge is -2.32. The fourth-order valence-corrected chi connectivity index (χ4v) is 2.92. The summed E-state index contributed by atoms with van der Waals surface area (Å²) in [5.74, 6) is -1.44. The standard InChI is InChI=1S/C13H21NO3/c1-2-14(9-7-8-9)12(15)10-5-3-4-6-11(10)13(16)17/h9-11H,2-8H2,1H3,(H,16,17)/t10-,11+/m1/s1. The topological polar surface area (TPSA) is 57.6 Å². The van der Waals surface area contributed by atoms with Crippen molar-refractivity contribution in [3.05, 3.63) is 0 Å². The molecule has 0 aromatic carbocycles. The molecular formula is C13H21NO3. The van der Waals surface area contributed by atoms with Gasteiger partial charge in [-0.1, -0.05) is 12.8 Å². The molecule has 4 nitrogen and oxygen atoms in total. The van der Waals surface area contributed by atoms with Gasteiger partial charge in [0.25, 0.3) is 0 Å². The average molecular weight is 239 g/mol. The van der Waals surface area contributed by atoms with Gasteiger partial charge >= 0.3 is 5.97 Å². The highest BCUT2D eigenvalue weighted by Gasteiger charge is 2.41. The maximum atomic E-state index is 12.4. The Kier molecular flexibility index (Phi) is 3.69. The monoisotopic (exact) mass is 239 g/mol. The van der Waals surface area contributed by atoms with Gasteiger partial charge in [-0.05, 0) is 32.6 Å². The van der Waals surface area contributed by atoms with Gasteiger partial charge in [-0.15, -0.1) is 0 Å². The first-order chi connectivity index (χ1) is 8.15. The van der Waals surface area contributed by atoms with Gasteiger partial charge in [-0.2, -0.15) is 0 Å². The molecule has 2 rings (SSSR count). The first-order valence-corrected chi connectivity index (χ1v) is 6.68. The van der Waals surface area contributed by atoms with Gasteiger partial charge in [-0.25, -0.2) is 0 Å². The zero-order valence-electron chi connectivity index (χ0n) is 10.4. The molecule has 2 fully saturated rings. The van der Waals surface area contributed by atoms with Crippen molar-refractivity contribution in [1.82, 2.24) is 4.90 Å². The van der Waals surface area contributed by atoms with Crippen LogP contribution >= 0.6 is 0 Å². The van der Waals surface area contributed by atoms with Crippen molar-refractivity contribution in [2.24, 2.45) is 11.8 Å². The lowest BCUT2D eigenvalue weighted by molar-refractivity contribution is -0.152. The molecule has 0 spiro atoms. The van der Waals surface area contributed by atoms with Gasteiger partial charge in [0.15, 0.2) is 0 Å². The van der Waals surface area contributed by atoms with E-state index in [1.807, 2.05) is 11.8 Å². The highest BCUT2D eigenvalue weighted by atomic mass is 16.4. The molecule has 0 bridgehead atoms. The van der Waals surface area contributed by atoms with Crippen LogP contribution in [-0.4, -0.2) is 34.5 Å². The summed E-state index contributed by atoms with van der Waals surface area (Å²) in [6.07, 6.45) is 5.51. The molecule has 96 valence electrons. The fourth-order valence-electron chi connectivity index (χ4n) is 2.92. The molecule has 2 aliphatic carbocycles. The molecule has 0 heterocycles. The zero-order valence-corrected chi connectivity index (χ0v) is 10.4. The Balaban J connectivity index is 2.06. The van der Waals surface area contributed by atoms with E-state index in [-0.39, 0.29) is 11.8 Å². The lowest BCUT2D eigenvalue weighted by atomic mass is 9.78. The number of carboxylic acid groups (broad SMARTS) is 1. The number of hydrogen-bond acceptors (Lipinski definition) is 2. The van der Waals surface area contributed by atoms with Crippen molar-refractivity contribution < 1.29 is 14.7 Å². The number of carbonyl (C=O) groups excluding carboxylic acids is 1. The first kappa shape index (κ1) is 12.4. The Morgan fingerprint density at radius 2 is 1.71 bits per heavy atom. The molecule has 2 aliphatic rings. The Morgan fingerprint density at radius 3 is 2.18 bits per heavy atom. The van der Waals surface area contributed by atoms with Gasteiger partial charge in [0.2, 0.25) is 5.91 Å². The van der Waals surface area contributed by atoms with Crippen LogP contribution < -0.4 is 0 Å². The number of carbonyl (C=O) groups is 2. The van der Waals surface area contributed by atoms with Crippen molar-refractivity contribution in [3.8, 4) is 0 Å². The molecule has 0 aliphatic heterocycles. The average Bonchev–Trinajstić information content (AvgIpc) is 3.14. The second-order valence-electron chi connectivity index (χ2n) is 5.19. The third kappa shape index (κ3) is 2.61. The van der Waals surface area contributed by atoms with Crippen LogP contribution in [0.1, 0.15) is 45.4 Å². The molecule has 1 amide bonds. The van der Waals surface area contributed by atoms with E-state index in [1.165, 1.54) is 0 Å². The largest absolute Gasteiger partial charge is 0.481 e. The van der Waals surface area contributed by atoms with E-state index in [0.717, 1.165) is 32.1 Å². The van der Waals surface area contributed by atoms with Gasteiger partial charge in [0, 0.05) is 12.6 Å². The van der Waals surface area contributed by atoms with Crippen molar-refractivity contribution in [2.75, 3.05) is 6.54 Å². The Morgan fingerprint density at radius 1 is 1.12 bits per heavy atom. The normalized spacial score (nSPS) is 28.8. The van der Waals surface area contributed by atoms with Crippen LogP contribution in [0.3, 0.4) is 0 Å². The van der Waals surface area contributed by atoms with Crippen LogP contribution in [0.15, 0.2) is 0 Å². The number of amides is 1. The molecular weight excluding hydrogens is 218 g/mol. The van der Waals surface area contributed by atoms with E-state index in [2.05, 4.69) is 0 Å². The molecule has 2 saturated carbocycles. The first-order valence-electron chi connectivity index (χ1n) is 6.68. The Bertz CT molecular complexity index is 312. The minimum absolute atomic E-state index is 0.0853. The minimum atomic E-state index is -0.796. The van der Waals surface area contributed by atoms with E-state index >= 15 is 0 Å². The molecule has 0 aromatic heterocycles. The quantitative estimate of drug-likeness (QED) is 0.815. The van der Waals surface area contributed by atoms with Crippen LogP contribution in [0.4, 0.5) is 0 Å². The minimum Gasteiger partial charge on any atom is -0.481 e. The van der Waals surface area contributed by atoms with E-state index in [0.29, 0.717) is 19.0 Å². The van der Waals surface area contributed by atoms with Crippen molar-refractivity contribution in [2.45, 2.75) is 51.5 Å². The molecule has 0 aromatic rings. The maximum absolute atomic E-state index is 12.4. The highest BCUT2D eigenvalue weighted by Crippen LogP contribution is 2.35. The smallest absolute Gasteiger partial charge is 0.307 e. The van der Waals surface area contributed by atoms with Crippen LogP contribution in [0.25, 0.3) is 0 Å². The van der Waals surface area contributed by atoms with E-state index in [1.54, 1.807) is 0 Å². The van der Waals surface area contributed by atoms with Crippen LogP contribution in [0.2, 0.25) is 0 Å². The number of aliphatic carboxylic acids is 1. The zero-order chi connectivity index (χ0) is 12.4. The molecule has 17 heavy (non-hydrogen) atoms. The predicted octanol–water partition coefficient (Wildman–Crippen LogP) is 1.89. The molecule has 4 heteroatoms. The van der Waals surface area contributed by atoms with Gasteiger partial charge in [0.1, 0.15) is 0 Å². The summed E-state index contributed by atoms with van der Waals surface area (Å²) in [6, 6.07) is 0.392. The number of hydrogen-bond donors (Lipinski definition) is 1. The summed E-state index contributed by atoms with van der Waals surface area (Å²) in [4.78, 5) is 25.5. The SMILES string of the molecule is CCN(C(=O)[C@@H]1CCCC[C@@H]1C(=O)O)C1CC1. The van der Waals surface area contributed by atoms with Crippen LogP contribution in [0, 0.1) is 11.8 Å². The molecule has 1 N–H and O–H groups in total. The Hall–Kier alpha value is -1.06. The maximum Gasteiger partial charge on any atom is 0.307 e. The Labute approximate surface area is 102 Å². The molecule has 0 saturated heterocycles. The molecule has 0 unspecified atom stereocenters. The third-order valence-electron chi connectivity index (χ3n) is 4.01. The number of rotatable bonds is 4. The second-order valence-corrected chi connectivity index (χ2v) is 5.19. The van der Waals surface area contributed by atoms with Gasteiger partial charge in [-0.3, -0.25) is 9.59 Å². The lowest BCUT2D eigenvalue weighted by Crippen LogP contribution is -2.43. The summed E-state index contributed by atoms with van der Waals surface area (Å²) in [7, 11) is 0. The highest BCUT2D eigenvalue weighted by molar-refractivity contribution is 5.85. The van der Waals surface area contributed by atoms with Crippen molar-refractivity contribution >= 4 is 11.9 Å². The summed E-state index contributed by atoms with van der Waals surface area (Å²) in [5, 5.41) is 9.20. The van der Waals surface area contributed by atoms with Gasteiger partial charge in [0.05, 0.1) is 11.8 Å².